The van der Waals surface area contributed by atoms with Crippen LogP contribution < -0.4 is 14.8 Å². The molecule has 24 heavy (non-hydrogen) atoms. The van der Waals surface area contributed by atoms with Crippen LogP contribution in [0.2, 0.25) is 0 Å². The molecule has 7 heteroatoms. The number of benzene rings is 1. The van der Waals surface area contributed by atoms with E-state index in [2.05, 4.69) is 5.32 Å². The van der Waals surface area contributed by atoms with Crippen LogP contribution in [-0.2, 0) is 4.79 Å². The monoisotopic (exact) mass is 353 g/mol. The van der Waals surface area contributed by atoms with E-state index < -0.39 is 17.4 Å². The maximum Gasteiger partial charge on any atom is 0.329 e. The topological polar surface area (TPSA) is 84.9 Å². The zero-order valence-electron chi connectivity index (χ0n) is 14.1. The maximum atomic E-state index is 12.5. The molecule has 1 saturated heterocycles. The summed E-state index contributed by atoms with van der Waals surface area (Å²) in [6, 6.07) is 4.85. The molecule has 1 heterocycles. The zero-order chi connectivity index (χ0) is 17.7. The Hall–Kier alpha value is -1.89. The summed E-state index contributed by atoms with van der Waals surface area (Å²) in [5, 5.41) is 12.3. The van der Waals surface area contributed by atoms with Gasteiger partial charge in [0.1, 0.15) is 5.54 Å². The van der Waals surface area contributed by atoms with Gasteiger partial charge in [0.2, 0.25) is 0 Å². The SMILES string of the molecule is COc1cc(C(=O)NC2(C(=O)O)CCSCC2)ccc1OC(C)C. The van der Waals surface area contributed by atoms with Crippen molar-refractivity contribution in [1.82, 2.24) is 5.32 Å². The minimum atomic E-state index is -1.19. The van der Waals surface area contributed by atoms with Crippen LogP contribution in [0, 0.1) is 0 Å². The Kier molecular flexibility index (Phi) is 5.99. The lowest BCUT2D eigenvalue weighted by atomic mass is 9.92. The average molecular weight is 353 g/mol. The normalized spacial score (nSPS) is 16.5. The molecule has 1 aliphatic heterocycles. The van der Waals surface area contributed by atoms with Crippen molar-refractivity contribution < 1.29 is 24.2 Å². The Labute approximate surface area is 145 Å². The lowest BCUT2D eigenvalue weighted by Gasteiger charge is -2.33. The molecule has 6 nitrogen and oxygen atoms in total. The first-order valence-corrected chi connectivity index (χ1v) is 9.02. The van der Waals surface area contributed by atoms with Crippen molar-refractivity contribution in [2.24, 2.45) is 0 Å². The van der Waals surface area contributed by atoms with Gasteiger partial charge in [-0.3, -0.25) is 4.79 Å². The number of carboxylic acids is 1. The molecule has 2 rings (SSSR count). The molecule has 0 bridgehead atoms. The van der Waals surface area contributed by atoms with Crippen LogP contribution in [0.5, 0.6) is 11.5 Å². The summed E-state index contributed by atoms with van der Waals surface area (Å²) in [7, 11) is 1.50. The summed E-state index contributed by atoms with van der Waals surface area (Å²) in [6.07, 6.45) is 0.822. The fraction of sp³-hybridized carbons (Fsp3) is 0.529. The first kappa shape index (κ1) is 18.4. The number of carbonyl (C=O) groups excluding carboxylic acids is 1. The molecular weight excluding hydrogens is 330 g/mol. The standard InChI is InChI=1S/C17H23NO5S/c1-11(2)23-13-5-4-12(10-14(13)22-3)15(19)18-17(16(20)21)6-8-24-9-7-17/h4-5,10-11H,6-9H2,1-3H3,(H,18,19)(H,20,21). The number of carbonyl (C=O) groups is 2. The van der Waals surface area contributed by atoms with E-state index in [9.17, 15) is 14.7 Å². The van der Waals surface area contributed by atoms with Crippen molar-refractivity contribution in [2.75, 3.05) is 18.6 Å². The minimum Gasteiger partial charge on any atom is -0.493 e. The molecule has 1 amide bonds. The fourth-order valence-corrected chi connectivity index (χ4v) is 3.75. The van der Waals surface area contributed by atoms with Gasteiger partial charge in [0.05, 0.1) is 13.2 Å². The summed E-state index contributed by atoms with van der Waals surface area (Å²) < 4.78 is 10.9. The van der Waals surface area contributed by atoms with Crippen molar-refractivity contribution >= 4 is 23.6 Å². The van der Waals surface area contributed by atoms with Gasteiger partial charge in [-0.2, -0.15) is 11.8 Å². The third-order valence-corrected chi connectivity index (χ3v) is 4.88. The van der Waals surface area contributed by atoms with Gasteiger partial charge in [0.15, 0.2) is 11.5 Å². The summed E-state index contributed by atoms with van der Waals surface area (Å²) in [6.45, 7) is 3.80. The van der Waals surface area contributed by atoms with Gasteiger partial charge in [-0.05, 0) is 56.4 Å². The van der Waals surface area contributed by atoms with Crippen LogP contribution in [0.15, 0.2) is 18.2 Å². The molecule has 0 radical (unpaired) electrons. The lowest BCUT2D eigenvalue weighted by Crippen LogP contribution is -2.56. The van der Waals surface area contributed by atoms with Gasteiger partial charge >= 0.3 is 5.97 Å². The van der Waals surface area contributed by atoms with Crippen LogP contribution in [0.25, 0.3) is 0 Å². The maximum absolute atomic E-state index is 12.5. The molecule has 132 valence electrons. The van der Waals surface area contributed by atoms with Gasteiger partial charge in [-0.1, -0.05) is 0 Å². The van der Waals surface area contributed by atoms with Gasteiger partial charge < -0.3 is 19.9 Å². The quantitative estimate of drug-likeness (QED) is 0.818. The fourth-order valence-electron chi connectivity index (χ4n) is 2.56. The van der Waals surface area contributed by atoms with Gasteiger partial charge in [-0.15, -0.1) is 0 Å². The summed E-state index contributed by atoms with van der Waals surface area (Å²) in [4.78, 5) is 24.2. The van der Waals surface area contributed by atoms with Gasteiger partial charge in [0.25, 0.3) is 5.91 Å². The minimum absolute atomic E-state index is 0.0198. The predicted molar refractivity (Wildman–Crippen MR) is 93.2 cm³/mol. The predicted octanol–water partition coefficient (Wildman–Crippen LogP) is 2.56. The van der Waals surface area contributed by atoms with Crippen LogP contribution in [0.3, 0.4) is 0 Å². The van der Waals surface area contributed by atoms with Crippen LogP contribution in [0.4, 0.5) is 0 Å². The second-order valence-corrected chi connectivity index (χ2v) is 7.21. The second kappa shape index (κ2) is 7.79. The highest BCUT2D eigenvalue weighted by molar-refractivity contribution is 7.99. The Morgan fingerprint density at radius 2 is 1.92 bits per heavy atom. The number of methoxy groups -OCH3 is 1. The zero-order valence-corrected chi connectivity index (χ0v) is 14.9. The van der Waals surface area contributed by atoms with Crippen molar-refractivity contribution in [1.29, 1.82) is 0 Å². The number of nitrogens with one attached hydrogen (secondary N) is 1. The summed E-state index contributed by atoms with van der Waals surface area (Å²) >= 11 is 1.70. The molecule has 1 aromatic rings. The van der Waals surface area contributed by atoms with E-state index in [0.717, 1.165) is 11.5 Å². The van der Waals surface area contributed by atoms with E-state index in [1.54, 1.807) is 30.0 Å². The molecule has 0 spiro atoms. The number of amides is 1. The van der Waals surface area contributed by atoms with Gasteiger partial charge in [-0.25, -0.2) is 4.79 Å². The molecule has 0 saturated carbocycles. The summed E-state index contributed by atoms with van der Waals surface area (Å²) in [5.41, 5.74) is -0.843. The first-order chi connectivity index (χ1) is 11.4. The van der Waals surface area contributed by atoms with E-state index in [-0.39, 0.29) is 6.10 Å². The first-order valence-electron chi connectivity index (χ1n) is 7.86. The third-order valence-electron chi connectivity index (χ3n) is 3.90. The largest absolute Gasteiger partial charge is 0.493 e. The molecule has 1 fully saturated rings. The van der Waals surface area contributed by atoms with E-state index in [4.69, 9.17) is 9.47 Å². The van der Waals surface area contributed by atoms with Gasteiger partial charge in [0, 0.05) is 5.56 Å². The van der Waals surface area contributed by atoms with Crippen molar-refractivity contribution in [2.45, 2.75) is 38.3 Å². The van der Waals surface area contributed by atoms with Crippen LogP contribution in [-0.4, -0.2) is 47.2 Å². The second-order valence-electron chi connectivity index (χ2n) is 5.99. The van der Waals surface area contributed by atoms with Crippen LogP contribution in [0.1, 0.15) is 37.0 Å². The molecular formula is C17H23NO5S. The Morgan fingerprint density at radius 1 is 1.25 bits per heavy atom. The van der Waals surface area contributed by atoms with E-state index in [1.165, 1.54) is 7.11 Å². The molecule has 0 unspecified atom stereocenters. The average Bonchev–Trinajstić information content (AvgIpc) is 2.55. The number of hydrogen-bond donors (Lipinski definition) is 2. The van der Waals surface area contributed by atoms with Crippen molar-refractivity contribution in [3.63, 3.8) is 0 Å². The van der Waals surface area contributed by atoms with E-state index in [1.807, 2.05) is 13.8 Å². The molecule has 1 aliphatic rings. The number of carboxylic acid groups (broad SMARTS) is 1. The number of hydrogen-bond acceptors (Lipinski definition) is 5. The number of aliphatic carboxylic acids is 1. The van der Waals surface area contributed by atoms with Crippen LogP contribution >= 0.6 is 11.8 Å². The Bertz CT molecular complexity index is 611. The molecule has 1 aromatic carbocycles. The number of ether oxygens (including phenoxy) is 2. The highest BCUT2D eigenvalue weighted by Crippen LogP contribution is 2.31. The third kappa shape index (κ3) is 4.14. The number of thioether (sulfide) groups is 1. The molecule has 0 aliphatic carbocycles. The smallest absolute Gasteiger partial charge is 0.329 e. The lowest BCUT2D eigenvalue weighted by molar-refractivity contribution is -0.144. The number of rotatable bonds is 6. The Balaban J connectivity index is 2.21. The summed E-state index contributed by atoms with van der Waals surface area (Å²) in [5.74, 6) is 1.03. The molecule has 0 aromatic heterocycles. The molecule has 0 atom stereocenters. The van der Waals surface area contributed by atoms with E-state index in [0.29, 0.717) is 29.9 Å². The van der Waals surface area contributed by atoms with Crippen molar-refractivity contribution in [3.8, 4) is 11.5 Å². The molecule has 2 N–H and O–H groups in total. The van der Waals surface area contributed by atoms with Crippen molar-refractivity contribution in [3.05, 3.63) is 23.8 Å². The Morgan fingerprint density at radius 3 is 2.46 bits per heavy atom. The van der Waals surface area contributed by atoms with E-state index >= 15 is 0 Å². The highest BCUT2D eigenvalue weighted by atomic mass is 32.2. The highest BCUT2D eigenvalue weighted by Gasteiger charge is 2.41.